The van der Waals surface area contributed by atoms with E-state index in [0.29, 0.717) is 60.9 Å². The lowest BCUT2D eigenvalue weighted by molar-refractivity contribution is 0.0323. The lowest BCUT2D eigenvalue weighted by atomic mass is 9.86. The third-order valence-corrected chi connectivity index (χ3v) is 7.15. The Hall–Kier alpha value is -2.97. The predicted molar refractivity (Wildman–Crippen MR) is 144 cm³/mol. The van der Waals surface area contributed by atoms with Gasteiger partial charge in [0.1, 0.15) is 5.69 Å². The van der Waals surface area contributed by atoms with Crippen LogP contribution in [0.25, 0.3) is 0 Å². The number of benzene rings is 1. The molecule has 0 bridgehead atoms. The molecule has 1 aromatic heterocycles. The maximum atomic E-state index is 13.7. The number of ketones is 1. The van der Waals surface area contributed by atoms with Crippen molar-refractivity contribution in [2.45, 2.75) is 53.5 Å². The van der Waals surface area contributed by atoms with Gasteiger partial charge in [-0.1, -0.05) is 32.9 Å². The van der Waals surface area contributed by atoms with Crippen molar-refractivity contribution in [3.63, 3.8) is 0 Å². The third kappa shape index (κ3) is 6.48. The minimum absolute atomic E-state index is 0.0214. The van der Waals surface area contributed by atoms with Crippen molar-refractivity contribution in [2.75, 3.05) is 53.0 Å². The fourth-order valence-corrected chi connectivity index (χ4v) is 4.95. The fraction of sp³-hybridized carbons (Fsp3) is 0.552. The highest BCUT2D eigenvalue weighted by molar-refractivity contribution is 6.06. The van der Waals surface area contributed by atoms with Crippen molar-refractivity contribution < 1.29 is 23.9 Å². The molecule has 8 nitrogen and oxygen atoms in total. The number of hydrogen-bond acceptors (Lipinski definition) is 6. The van der Waals surface area contributed by atoms with E-state index in [-0.39, 0.29) is 23.7 Å². The van der Waals surface area contributed by atoms with Crippen LogP contribution in [0.1, 0.15) is 75.7 Å². The number of carbonyl (C=O) groups is 3. The molecule has 0 saturated carbocycles. The van der Waals surface area contributed by atoms with Crippen LogP contribution in [0.15, 0.2) is 24.3 Å². The number of amides is 1. The first-order valence-corrected chi connectivity index (χ1v) is 13.0. The molecule has 1 amide bonds. The van der Waals surface area contributed by atoms with Gasteiger partial charge in [0.25, 0.3) is 5.91 Å². The molecular weight excluding hydrogens is 470 g/mol. The zero-order valence-corrected chi connectivity index (χ0v) is 23.3. The highest BCUT2D eigenvalue weighted by Crippen LogP contribution is 2.25. The Morgan fingerprint density at radius 3 is 2.22 bits per heavy atom. The molecule has 0 aliphatic carbocycles. The quantitative estimate of drug-likeness (QED) is 0.376. The van der Waals surface area contributed by atoms with Crippen molar-refractivity contribution in [1.29, 1.82) is 0 Å². The summed E-state index contributed by atoms with van der Waals surface area (Å²) in [6.07, 6.45) is 0. The largest absolute Gasteiger partial charge is 0.464 e. The number of morpholine rings is 1. The zero-order chi connectivity index (χ0) is 27.3. The standard InChI is InChI=1S/C29H41N3O5/c1-8-32-21(3)25(20(2)26(32)28(35)36-7)24(33)19-31(14-13-30-15-17-37-18-16-30)27(34)22-9-11-23(12-10-22)29(4,5)6/h9-12H,8,13-19H2,1-7H3. The van der Waals surface area contributed by atoms with Crippen LogP contribution >= 0.6 is 0 Å². The molecule has 0 N–H and O–H groups in total. The Bertz CT molecular complexity index is 1120. The molecule has 0 unspecified atom stereocenters. The normalized spacial score (nSPS) is 14.5. The molecule has 0 spiro atoms. The number of ether oxygens (including phenoxy) is 2. The summed E-state index contributed by atoms with van der Waals surface area (Å²) in [5.41, 5.74) is 3.84. The van der Waals surface area contributed by atoms with Crippen molar-refractivity contribution in [1.82, 2.24) is 14.4 Å². The van der Waals surface area contributed by atoms with Crippen LogP contribution in [-0.4, -0.2) is 85.1 Å². The van der Waals surface area contributed by atoms with Gasteiger partial charge in [-0.3, -0.25) is 14.5 Å². The van der Waals surface area contributed by atoms with Crippen LogP contribution in [0.3, 0.4) is 0 Å². The van der Waals surface area contributed by atoms with Gasteiger partial charge in [-0.05, 0) is 49.4 Å². The van der Waals surface area contributed by atoms with Gasteiger partial charge in [0.2, 0.25) is 0 Å². The lowest BCUT2D eigenvalue weighted by Gasteiger charge is -2.30. The third-order valence-electron chi connectivity index (χ3n) is 7.15. The van der Waals surface area contributed by atoms with E-state index in [4.69, 9.17) is 9.47 Å². The number of nitrogens with zero attached hydrogens (tertiary/aromatic N) is 3. The van der Waals surface area contributed by atoms with E-state index < -0.39 is 5.97 Å². The van der Waals surface area contributed by atoms with Gasteiger partial charge in [-0.2, -0.15) is 0 Å². The van der Waals surface area contributed by atoms with Crippen molar-refractivity contribution >= 4 is 17.7 Å². The molecule has 2 aromatic rings. The molecule has 2 heterocycles. The van der Waals surface area contributed by atoms with Gasteiger partial charge in [0.05, 0.1) is 26.9 Å². The monoisotopic (exact) mass is 511 g/mol. The molecule has 202 valence electrons. The van der Waals surface area contributed by atoms with E-state index in [1.807, 2.05) is 38.1 Å². The molecule has 8 heteroatoms. The molecule has 37 heavy (non-hydrogen) atoms. The number of Topliss-reactive ketones (excluding diaryl/α,β-unsaturated/α-hetero) is 1. The van der Waals surface area contributed by atoms with Gasteiger partial charge < -0.3 is 18.9 Å². The van der Waals surface area contributed by atoms with Crippen LogP contribution in [0.5, 0.6) is 0 Å². The molecule has 1 aromatic carbocycles. The van der Waals surface area contributed by atoms with Gasteiger partial charge in [0, 0.05) is 49.5 Å². The lowest BCUT2D eigenvalue weighted by Crippen LogP contribution is -2.44. The molecule has 3 rings (SSSR count). The molecule has 0 atom stereocenters. The minimum Gasteiger partial charge on any atom is -0.464 e. The first-order chi connectivity index (χ1) is 17.5. The molecule has 1 aliphatic rings. The van der Waals surface area contributed by atoms with E-state index >= 15 is 0 Å². The Kier molecular flexibility index (Phi) is 9.31. The van der Waals surface area contributed by atoms with Crippen LogP contribution < -0.4 is 0 Å². The Balaban J connectivity index is 1.90. The smallest absolute Gasteiger partial charge is 0.354 e. The minimum atomic E-state index is -0.472. The predicted octanol–water partition coefficient (Wildman–Crippen LogP) is 3.87. The first-order valence-electron chi connectivity index (χ1n) is 13.0. The van der Waals surface area contributed by atoms with Crippen LogP contribution in [0.2, 0.25) is 0 Å². The SMILES string of the molecule is CCn1c(C)c(C(=O)CN(CCN2CCOCC2)C(=O)c2ccc(C(C)(C)C)cc2)c(C)c1C(=O)OC. The molecule has 1 saturated heterocycles. The van der Waals surface area contributed by atoms with Crippen LogP contribution in [-0.2, 0) is 21.4 Å². The average Bonchev–Trinajstić information content (AvgIpc) is 3.14. The topological polar surface area (TPSA) is 81.1 Å². The van der Waals surface area contributed by atoms with Gasteiger partial charge in [0.15, 0.2) is 5.78 Å². The molecule has 0 radical (unpaired) electrons. The number of aromatic nitrogens is 1. The number of carbonyl (C=O) groups excluding carboxylic acids is 3. The summed E-state index contributed by atoms with van der Waals surface area (Å²) in [5.74, 6) is -0.838. The van der Waals surface area contributed by atoms with Gasteiger partial charge in [-0.15, -0.1) is 0 Å². The Morgan fingerprint density at radius 1 is 1.05 bits per heavy atom. The summed E-state index contributed by atoms with van der Waals surface area (Å²) >= 11 is 0. The van der Waals surface area contributed by atoms with E-state index in [1.165, 1.54) is 7.11 Å². The number of esters is 1. The number of hydrogen-bond donors (Lipinski definition) is 0. The second-order valence-corrected chi connectivity index (χ2v) is 10.6. The maximum absolute atomic E-state index is 13.7. The van der Waals surface area contributed by atoms with E-state index in [2.05, 4.69) is 25.7 Å². The summed E-state index contributed by atoms with van der Waals surface area (Å²) < 4.78 is 12.2. The zero-order valence-electron chi connectivity index (χ0n) is 23.3. The first kappa shape index (κ1) is 28.6. The number of rotatable bonds is 9. The van der Waals surface area contributed by atoms with Gasteiger partial charge in [-0.25, -0.2) is 4.79 Å². The van der Waals surface area contributed by atoms with E-state index in [9.17, 15) is 14.4 Å². The van der Waals surface area contributed by atoms with Crippen molar-refractivity contribution in [3.8, 4) is 0 Å². The van der Waals surface area contributed by atoms with Crippen molar-refractivity contribution in [2.24, 2.45) is 0 Å². The van der Waals surface area contributed by atoms with E-state index in [1.54, 1.807) is 16.4 Å². The van der Waals surface area contributed by atoms with Crippen LogP contribution in [0, 0.1) is 13.8 Å². The number of methoxy groups -OCH3 is 1. The molecular formula is C29H41N3O5. The Morgan fingerprint density at radius 2 is 1.68 bits per heavy atom. The second-order valence-electron chi connectivity index (χ2n) is 10.6. The maximum Gasteiger partial charge on any atom is 0.354 e. The summed E-state index contributed by atoms with van der Waals surface area (Å²) in [6, 6.07) is 7.64. The summed E-state index contributed by atoms with van der Waals surface area (Å²) in [6.45, 7) is 16.4. The Labute approximate surface area is 220 Å². The van der Waals surface area contributed by atoms with Crippen LogP contribution in [0.4, 0.5) is 0 Å². The van der Waals surface area contributed by atoms with Gasteiger partial charge >= 0.3 is 5.97 Å². The highest BCUT2D eigenvalue weighted by Gasteiger charge is 2.29. The second kappa shape index (κ2) is 12.0. The van der Waals surface area contributed by atoms with E-state index in [0.717, 1.165) is 18.7 Å². The summed E-state index contributed by atoms with van der Waals surface area (Å²) in [5, 5.41) is 0. The molecule has 1 fully saturated rings. The highest BCUT2D eigenvalue weighted by atomic mass is 16.5. The fourth-order valence-electron chi connectivity index (χ4n) is 4.95. The van der Waals surface area contributed by atoms with Crippen molar-refractivity contribution in [3.05, 3.63) is 57.9 Å². The summed E-state index contributed by atoms with van der Waals surface area (Å²) in [7, 11) is 1.34. The summed E-state index contributed by atoms with van der Waals surface area (Å²) in [4.78, 5) is 43.7. The average molecular weight is 512 g/mol. The molecule has 1 aliphatic heterocycles.